The Kier molecular flexibility index (Phi) is 7.23. The number of hydrogen-bond donors (Lipinski definition) is 0. The number of nitrogens with zero attached hydrogens (tertiary/aromatic N) is 4. The van der Waals surface area contributed by atoms with Crippen molar-refractivity contribution in [2.75, 3.05) is 39.9 Å². The smallest absolute Gasteiger partial charge is 0.248 e. The second-order valence-electron chi connectivity index (χ2n) is 6.84. The zero-order chi connectivity index (χ0) is 19.3. The van der Waals surface area contributed by atoms with E-state index in [1.807, 2.05) is 6.92 Å². The lowest BCUT2D eigenvalue weighted by Crippen LogP contribution is -2.51. The molecule has 26 heavy (non-hydrogen) atoms. The van der Waals surface area contributed by atoms with Crippen molar-refractivity contribution in [2.24, 2.45) is 5.92 Å². The summed E-state index contributed by atoms with van der Waals surface area (Å²) in [6.07, 6.45) is 3.26. The first-order valence-electron chi connectivity index (χ1n) is 8.80. The van der Waals surface area contributed by atoms with Gasteiger partial charge in [0.05, 0.1) is 5.69 Å². The summed E-state index contributed by atoms with van der Waals surface area (Å²) in [4.78, 5) is 27.7. The molecular formula is C18H27ClN4O3. The third kappa shape index (κ3) is 5.08. The Hall–Kier alpha value is -1.86. The quantitative estimate of drug-likeness (QED) is 0.704. The van der Waals surface area contributed by atoms with E-state index in [0.29, 0.717) is 37.3 Å². The van der Waals surface area contributed by atoms with E-state index in [1.165, 1.54) is 13.2 Å². The number of carbonyl (C=O) groups excluding carboxylic acids is 2. The molecule has 1 aliphatic heterocycles. The van der Waals surface area contributed by atoms with Crippen molar-refractivity contribution in [1.29, 1.82) is 0 Å². The van der Waals surface area contributed by atoms with Crippen LogP contribution in [0.5, 0.6) is 0 Å². The first-order valence-corrected chi connectivity index (χ1v) is 9.17. The average molecular weight is 383 g/mol. The number of aromatic nitrogens is 2. The maximum atomic E-state index is 12.4. The Morgan fingerprint density at radius 3 is 2.42 bits per heavy atom. The summed E-state index contributed by atoms with van der Waals surface area (Å²) in [6.45, 7) is 8.96. The highest BCUT2D eigenvalue weighted by atomic mass is 35.5. The predicted molar refractivity (Wildman–Crippen MR) is 101 cm³/mol. The van der Waals surface area contributed by atoms with E-state index < -0.39 is 0 Å². The van der Waals surface area contributed by atoms with E-state index in [0.717, 1.165) is 17.8 Å². The summed E-state index contributed by atoms with van der Waals surface area (Å²) in [5, 5.41) is 4.99. The van der Waals surface area contributed by atoms with Crippen LogP contribution in [0.15, 0.2) is 6.08 Å². The topological polar surface area (TPSA) is 67.7 Å². The van der Waals surface area contributed by atoms with Gasteiger partial charge in [-0.15, -0.1) is 0 Å². The van der Waals surface area contributed by atoms with Gasteiger partial charge in [0.2, 0.25) is 11.8 Å². The summed E-state index contributed by atoms with van der Waals surface area (Å²) in [5.41, 5.74) is 1.57. The van der Waals surface area contributed by atoms with Gasteiger partial charge in [-0.2, -0.15) is 5.10 Å². The Bertz CT molecular complexity index is 676. The van der Waals surface area contributed by atoms with Crippen LogP contribution < -0.4 is 0 Å². The van der Waals surface area contributed by atoms with Crippen molar-refractivity contribution >= 4 is 29.5 Å². The molecule has 1 saturated heterocycles. The molecule has 1 aromatic heterocycles. The van der Waals surface area contributed by atoms with Crippen LogP contribution in [0, 0.1) is 12.8 Å². The van der Waals surface area contributed by atoms with Gasteiger partial charge in [-0.25, -0.2) is 0 Å². The minimum absolute atomic E-state index is 0.0462. The standard InChI is InChI=1S/C18H27ClN4O3/c1-13(2)11-23-18(19)15(14(3)20-23)5-6-16(24)21-7-9-22(10-8-21)17(25)12-26-4/h5-6,13H,7-12H2,1-4H3/b6-5+. The lowest BCUT2D eigenvalue weighted by atomic mass is 10.2. The predicted octanol–water partition coefficient (Wildman–Crippen LogP) is 1.83. The van der Waals surface area contributed by atoms with E-state index in [-0.39, 0.29) is 18.4 Å². The molecule has 2 amide bonds. The molecule has 0 N–H and O–H groups in total. The molecule has 0 unspecified atom stereocenters. The van der Waals surface area contributed by atoms with Crippen molar-refractivity contribution in [3.05, 3.63) is 22.5 Å². The van der Waals surface area contributed by atoms with E-state index in [2.05, 4.69) is 18.9 Å². The summed E-state index contributed by atoms with van der Waals surface area (Å²) in [6, 6.07) is 0. The van der Waals surface area contributed by atoms with Gasteiger partial charge in [-0.1, -0.05) is 25.4 Å². The van der Waals surface area contributed by atoms with Gasteiger partial charge < -0.3 is 14.5 Å². The van der Waals surface area contributed by atoms with E-state index >= 15 is 0 Å². The van der Waals surface area contributed by atoms with E-state index in [4.69, 9.17) is 16.3 Å². The highest BCUT2D eigenvalue weighted by molar-refractivity contribution is 6.31. The molecule has 0 bridgehead atoms. The second kappa shape index (κ2) is 9.19. The fraction of sp³-hybridized carbons (Fsp3) is 0.611. The monoisotopic (exact) mass is 382 g/mol. The minimum Gasteiger partial charge on any atom is -0.375 e. The number of piperazine rings is 1. The third-order valence-electron chi connectivity index (χ3n) is 4.25. The second-order valence-corrected chi connectivity index (χ2v) is 7.20. The fourth-order valence-corrected chi connectivity index (χ4v) is 3.18. The normalized spacial score (nSPS) is 15.3. The van der Waals surface area contributed by atoms with Gasteiger partial charge in [0.15, 0.2) is 0 Å². The number of aryl methyl sites for hydroxylation is 1. The Labute approximate surface area is 159 Å². The summed E-state index contributed by atoms with van der Waals surface area (Å²) >= 11 is 6.39. The van der Waals surface area contributed by atoms with Crippen LogP contribution in [-0.2, 0) is 20.9 Å². The molecule has 0 radical (unpaired) electrons. The fourth-order valence-electron chi connectivity index (χ4n) is 2.87. The number of amides is 2. The van der Waals surface area contributed by atoms with E-state index in [9.17, 15) is 9.59 Å². The zero-order valence-corrected chi connectivity index (χ0v) is 16.6. The molecule has 0 aliphatic carbocycles. The number of halogens is 1. The molecule has 0 aromatic carbocycles. The molecule has 1 aromatic rings. The van der Waals surface area contributed by atoms with Gasteiger partial charge in [-0.05, 0) is 18.9 Å². The highest BCUT2D eigenvalue weighted by Gasteiger charge is 2.23. The van der Waals surface area contributed by atoms with Gasteiger partial charge in [-0.3, -0.25) is 14.3 Å². The SMILES string of the molecule is COCC(=O)N1CCN(C(=O)/C=C/c2c(C)nn(CC(C)C)c2Cl)CC1. The molecule has 1 fully saturated rings. The van der Waals surface area contributed by atoms with Crippen molar-refractivity contribution in [2.45, 2.75) is 27.3 Å². The number of ether oxygens (including phenoxy) is 1. The summed E-state index contributed by atoms with van der Waals surface area (Å²) in [5.74, 6) is 0.299. The number of hydrogen-bond acceptors (Lipinski definition) is 4. The molecule has 0 spiro atoms. The molecular weight excluding hydrogens is 356 g/mol. The minimum atomic E-state index is -0.0871. The maximum absolute atomic E-state index is 12.4. The van der Waals surface area contributed by atoms with Gasteiger partial charge >= 0.3 is 0 Å². The molecule has 1 aliphatic rings. The first-order chi connectivity index (χ1) is 12.3. The summed E-state index contributed by atoms with van der Waals surface area (Å²) in [7, 11) is 1.50. The molecule has 0 saturated carbocycles. The van der Waals surface area contributed by atoms with Crippen LogP contribution in [-0.4, -0.2) is 71.3 Å². The highest BCUT2D eigenvalue weighted by Crippen LogP contribution is 2.22. The molecule has 7 nitrogen and oxygen atoms in total. The Morgan fingerprint density at radius 2 is 1.85 bits per heavy atom. The zero-order valence-electron chi connectivity index (χ0n) is 15.9. The van der Waals surface area contributed by atoms with Crippen LogP contribution in [0.3, 0.4) is 0 Å². The summed E-state index contributed by atoms with van der Waals surface area (Å²) < 4.78 is 6.63. The van der Waals surface area contributed by atoms with Crippen molar-refractivity contribution in [3.8, 4) is 0 Å². The number of carbonyl (C=O) groups is 2. The molecule has 8 heteroatoms. The number of methoxy groups -OCH3 is 1. The molecule has 2 heterocycles. The van der Waals surface area contributed by atoms with Crippen LogP contribution in [0.1, 0.15) is 25.1 Å². The Balaban J connectivity index is 1.96. The molecule has 0 atom stereocenters. The van der Waals surface area contributed by atoms with Gasteiger partial charge in [0.1, 0.15) is 11.8 Å². The lowest BCUT2D eigenvalue weighted by molar-refractivity contribution is -0.140. The largest absolute Gasteiger partial charge is 0.375 e. The Morgan fingerprint density at radius 1 is 1.23 bits per heavy atom. The third-order valence-corrected chi connectivity index (χ3v) is 4.65. The van der Waals surface area contributed by atoms with Crippen LogP contribution in [0.25, 0.3) is 6.08 Å². The molecule has 2 rings (SSSR count). The van der Waals surface area contributed by atoms with Crippen molar-refractivity contribution in [1.82, 2.24) is 19.6 Å². The van der Waals surface area contributed by atoms with Crippen LogP contribution in [0.2, 0.25) is 5.15 Å². The van der Waals surface area contributed by atoms with Gasteiger partial charge in [0.25, 0.3) is 0 Å². The van der Waals surface area contributed by atoms with Gasteiger partial charge in [0, 0.05) is 51.5 Å². The van der Waals surface area contributed by atoms with E-state index in [1.54, 1.807) is 20.6 Å². The first kappa shape index (κ1) is 20.5. The molecule has 144 valence electrons. The van der Waals surface area contributed by atoms with Crippen LogP contribution >= 0.6 is 11.6 Å². The van der Waals surface area contributed by atoms with Crippen molar-refractivity contribution < 1.29 is 14.3 Å². The van der Waals surface area contributed by atoms with Crippen molar-refractivity contribution in [3.63, 3.8) is 0 Å². The average Bonchev–Trinajstić information content (AvgIpc) is 2.86. The maximum Gasteiger partial charge on any atom is 0.248 e. The lowest BCUT2D eigenvalue weighted by Gasteiger charge is -2.34. The van der Waals surface area contributed by atoms with Crippen LogP contribution in [0.4, 0.5) is 0 Å². The number of rotatable bonds is 6.